The number of benzene rings is 1. The van der Waals surface area contributed by atoms with Crippen LogP contribution >= 0.6 is 0 Å². The number of alkyl carbamates (subject to hydrolysis) is 1. The van der Waals surface area contributed by atoms with Gasteiger partial charge in [0, 0.05) is 23.2 Å². The van der Waals surface area contributed by atoms with Gasteiger partial charge in [-0.2, -0.15) is 0 Å². The number of anilines is 1. The number of hydrogen-bond donors (Lipinski definition) is 2. The molecule has 0 saturated heterocycles. The number of pyridine rings is 2. The highest BCUT2D eigenvalue weighted by atomic mass is 28.3. The van der Waals surface area contributed by atoms with Crippen molar-refractivity contribution < 1.29 is 38.1 Å². The van der Waals surface area contributed by atoms with Gasteiger partial charge in [0.15, 0.2) is 0 Å². The largest absolute Gasteiger partial charge is 0.457 e. The normalized spacial score (nSPS) is 16.7. The van der Waals surface area contributed by atoms with Crippen LogP contribution < -0.4 is 21.4 Å². The summed E-state index contributed by atoms with van der Waals surface area (Å²) in [5.74, 6) is -1.12. The highest BCUT2D eigenvalue weighted by molar-refractivity contribution is 6.92. The predicted octanol–water partition coefficient (Wildman–Crippen LogP) is 6.46. The van der Waals surface area contributed by atoms with Gasteiger partial charge >= 0.3 is 24.1 Å². The van der Waals surface area contributed by atoms with Crippen molar-refractivity contribution >= 4 is 54.0 Å². The molecule has 2 aromatic heterocycles. The maximum Gasteiger partial charge on any atom is 0.412 e. The zero-order valence-electron chi connectivity index (χ0n) is 32.7. The number of carbonyl (C=O) groups is 4. The number of hydrogen-bond acceptors (Lipinski definition) is 10. The summed E-state index contributed by atoms with van der Waals surface area (Å²) < 4.78 is 23.8. The Bertz CT molecular complexity index is 2040. The van der Waals surface area contributed by atoms with Crippen molar-refractivity contribution in [1.29, 1.82) is 0 Å². The Morgan fingerprint density at radius 3 is 2.28 bits per heavy atom. The minimum absolute atomic E-state index is 0.0119. The topological polar surface area (TPSA) is 164 Å². The van der Waals surface area contributed by atoms with Crippen molar-refractivity contribution in [2.75, 3.05) is 11.9 Å². The number of nitrogens with one attached hydrogen (secondary N) is 2. The summed E-state index contributed by atoms with van der Waals surface area (Å²) in [6.45, 7) is 21.2. The van der Waals surface area contributed by atoms with Crippen LogP contribution in [0.15, 0.2) is 29.1 Å². The summed E-state index contributed by atoms with van der Waals surface area (Å²) in [6, 6.07) is 8.27. The second-order valence-corrected chi connectivity index (χ2v) is 21.6. The first kappa shape index (κ1) is 39.5. The van der Waals surface area contributed by atoms with Gasteiger partial charge in [-0.15, -0.1) is 0 Å². The molecule has 2 aliphatic heterocycles. The fourth-order valence-electron chi connectivity index (χ4n) is 7.46. The lowest BCUT2D eigenvalue weighted by Gasteiger charge is -2.35. The van der Waals surface area contributed by atoms with Crippen molar-refractivity contribution in [3.05, 3.63) is 51.3 Å². The Balaban J connectivity index is 1.59. The zero-order chi connectivity index (χ0) is 39.3. The number of aromatic nitrogens is 2. The molecule has 1 aromatic carbocycles. The van der Waals surface area contributed by atoms with Crippen LogP contribution in [0.25, 0.3) is 22.3 Å². The molecular formula is C39H52N4O9Si. The van der Waals surface area contributed by atoms with Crippen LogP contribution in [0.3, 0.4) is 0 Å². The van der Waals surface area contributed by atoms with Crippen molar-refractivity contribution in [1.82, 2.24) is 14.9 Å². The molecule has 286 valence electrons. The Morgan fingerprint density at radius 2 is 1.66 bits per heavy atom. The van der Waals surface area contributed by atoms with E-state index in [0.717, 1.165) is 22.2 Å². The van der Waals surface area contributed by atoms with E-state index < -0.39 is 49.0 Å². The third kappa shape index (κ3) is 8.27. The minimum Gasteiger partial charge on any atom is -0.457 e. The maximum atomic E-state index is 14.3. The molecule has 5 rings (SSSR count). The molecule has 3 aromatic rings. The Hall–Kier alpha value is -4.72. The summed E-state index contributed by atoms with van der Waals surface area (Å²) in [7, 11) is -2.24. The number of rotatable bonds is 9. The number of amides is 2. The fourth-order valence-corrected chi connectivity index (χ4v) is 11.6. The molecule has 0 bridgehead atoms. The molecule has 2 aliphatic rings. The SMILES string of the molecule is CCC1(OC(=O)CCNC(=O)OC(C)(C)C)C(=O)OCc2c1cc1n(c2=O)Cc2c-1nc1ccc(NC(=O)OC(C)(C)C)cc1c2[Si](C)(C)CC(C)C. The van der Waals surface area contributed by atoms with Gasteiger partial charge in [0.2, 0.25) is 5.60 Å². The van der Waals surface area contributed by atoms with E-state index in [-0.39, 0.29) is 49.2 Å². The molecule has 1 unspecified atom stereocenters. The van der Waals surface area contributed by atoms with Gasteiger partial charge in [0.05, 0.1) is 43.5 Å². The standard InChI is InChI=1S/C39H52N4O9Si/c1-12-39(50-30(44)15-16-40-35(47)51-37(4,5)6)27-18-29-31-25(19-43(29)33(45)26(27)20-49-34(39)46)32(53(10,11)21-22(2)3)24-17-23(13-14-28(24)42-31)41-36(48)52-38(7,8)9/h13-14,17-18,22H,12,15-16,19-21H2,1-11H3,(H,40,47)(H,41,48). The van der Waals surface area contributed by atoms with Crippen molar-refractivity contribution in [3.8, 4) is 11.4 Å². The first-order valence-corrected chi connectivity index (χ1v) is 21.4. The summed E-state index contributed by atoms with van der Waals surface area (Å²) >= 11 is 0. The highest BCUT2D eigenvalue weighted by Gasteiger charge is 2.50. The molecule has 2 N–H and O–H groups in total. The van der Waals surface area contributed by atoms with Gasteiger partial charge in [0.1, 0.15) is 17.8 Å². The molecule has 13 nitrogen and oxygen atoms in total. The lowest BCUT2D eigenvalue weighted by Crippen LogP contribution is -2.48. The second-order valence-electron chi connectivity index (χ2n) is 16.9. The molecule has 0 radical (unpaired) electrons. The van der Waals surface area contributed by atoms with Crippen molar-refractivity contribution in [3.63, 3.8) is 0 Å². The maximum absolute atomic E-state index is 14.3. The second kappa shape index (κ2) is 14.3. The van der Waals surface area contributed by atoms with Crippen LogP contribution in [0.4, 0.5) is 15.3 Å². The van der Waals surface area contributed by atoms with Crippen LogP contribution in [-0.4, -0.2) is 59.5 Å². The molecule has 0 spiro atoms. The Kier molecular flexibility index (Phi) is 10.6. The third-order valence-electron chi connectivity index (χ3n) is 9.18. The minimum atomic E-state index is -2.24. The van der Waals surface area contributed by atoms with E-state index in [4.69, 9.17) is 23.9 Å². The molecule has 0 aliphatic carbocycles. The van der Waals surface area contributed by atoms with E-state index in [1.165, 1.54) is 0 Å². The monoisotopic (exact) mass is 748 g/mol. The number of carbonyl (C=O) groups excluding carboxylic acids is 4. The van der Waals surface area contributed by atoms with Crippen LogP contribution in [0.2, 0.25) is 19.1 Å². The van der Waals surface area contributed by atoms with Gasteiger partial charge in [-0.05, 0) is 88.9 Å². The molecule has 4 heterocycles. The third-order valence-corrected chi connectivity index (χ3v) is 12.9. The highest BCUT2D eigenvalue weighted by Crippen LogP contribution is 2.41. The smallest absolute Gasteiger partial charge is 0.412 e. The average molecular weight is 749 g/mol. The number of nitrogens with zero attached hydrogens (tertiary/aromatic N) is 2. The van der Waals surface area contributed by atoms with E-state index in [1.54, 1.807) is 65.2 Å². The van der Waals surface area contributed by atoms with Gasteiger partial charge in [-0.1, -0.05) is 39.9 Å². The van der Waals surface area contributed by atoms with Gasteiger partial charge in [-0.25, -0.2) is 19.4 Å². The Morgan fingerprint density at radius 1 is 1.00 bits per heavy atom. The molecular weight excluding hydrogens is 697 g/mol. The molecule has 1 atom stereocenters. The van der Waals surface area contributed by atoms with Crippen molar-refractivity contribution in [2.24, 2.45) is 5.92 Å². The van der Waals surface area contributed by atoms with Crippen LogP contribution in [0.1, 0.15) is 91.8 Å². The summed E-state index contributed by atoms with van der Waals surface area (Å²) in [5.41, 5.74) is 0.230. The Labute approximate surface area is 311 Å². The van der Waals surface area contributed by atoms with Gasteiger partial charge < -0.3 is 28.8 Å². The lowest BCUT2D eigenvalue weighted by atomic mass is 9.85. The van der Waals surface area contributed by atoms with Crippen LogP contribution in [0, 0.1) is 5.92 Å². The lowest BCUT2D eigenvalue weighted by molar-refractivity contribution is -0.189. The summed E-state index contributed by atoms with van der Waals surface area (Å²) in [6.07, 6.45) is -1.48. The van der Waals surface area contributed by atoms with Crippen LogP contribution in [-0.2, 0) is 47.3 Å². The average Bonchev–Trinajstić information content (AvgIpc) is 3.37. The summed E-state index contributed by atoms with van der Waals surface area (Å²) in [5, 5.41) is 7.42. The molecule has 0 fully saturated rings. The fraction of sp³-hybridized carbons (Fsp3) is 0.538. The van der Waals surface area contributed by atoms with E-state index in [1.807, 2.05) is 12.1 Å². The van der Waals surface area contributed by atoms with E-state index in [2.05, 4.69) is 37.6 Å². The quantitative estimate of drug-likeness (QED) is 0.110. The number of fused-ring (bicyclic) bond motifs is 5. The van der Waals surface area contributed by atoms with E-state index in [0.29, 0.717) is 28.5 Å². The van der Waals surface area contributed by atoms with Gasteiger partial charge in [-0.3, -0.25) is 14.9 Å². The molecule has 2 amide bonds. The van der Waals surface area contributed by atoms with Crippen molar-refractivity contribution in [2.45, 2.75) is 124 Å². The molecule has 0 saturated carbocycles. The zero-order valence-corrected chi connectivity index (χ0v) is 33.7. The number of cyclic esters (lactones) is 1. The number of ether oxygens (including phenoxy) is 4. The van der Waals surface area contributed by atoms with Gasteiger partial charge in [0.25, 0.3) is 5.56 Å². The first-order chi connectivity index (χ1) is 24.5. The first-order valence-electron chi connectivity index (χ1n) is 18.2. The molecule has 14 heteroatoms. The van der Waals surface area contributed by atoms with Crippen LogP contribution in [0.5, 0.6) is 0 Å². The molecule has 53 heavy (non-hydrogen) atoms. The summed E-state index contributed by atoms with van der Waals surface area (Å²) in [4.78, 5) is 71.0. The van der Waals surface area contributed by atoms with E-state index in [9.17, 15) is 24.0 Å². The predicted molar refractivity (Wildman–Crippen MR) is 204 cm³/mol. The number of esters is 2. The van der Waals surface area contributed by atoms with E-state index >= 15 is 0 Å².